The molecule has 1 aliphatic heterocycles. The highest BCUT2D eigenvalue weighted by molar-refractivity contribution is 6.74. The molecule has 3 atom stereocenters. The van der Waals surface area contributed by atoms with Gasteiger partial charge in [0.25, 0.3) is 5.91 Å². The maximum absolute atomic E-state index is 16.2. The molecule has 1 aliphatic rings. The summed E-state index contributed by atoms with van der Waals surface area (Å²) in [5.41, 5.74) is 0.179. The maximum Gasteiger partial charge on any atom is 0.351 e. The number of carbonyl (C=O) groups excluding carboxylic acids is 1. The Kier molecular flexibility index (Phi) is 10.0. The molecule has 13 heteroatoms. The molecule has 1 amide bonds. The van der Waals surface area contributed by atoms with E-state index in [1.807, 2.05) is 47.0 Å². The predicted octanol–water partition coefficient (Wildman–Crippen LogP) is 7.18. The summed E-state index contributed by atoms with van der Waals surface area (Å²) < 4.78 is 51.7. The molecule has 1 fully saturated rings. The average Bonchev–Trinajstić information content (AvgIpc) is 3.10. The third kappa shape index (κ3) is 7.39. The molecule has 1 aromatic carbocycles. The minimum absolute atomic E-state index is 0.0733. The van der Waals surface area contributed by atoms with Crippen LogP contribution in [0.4, 0.5) is 14.6 Å². The van der Waals surface area contributed by atoms with Gasteiger partial charge in [0.05, 0.1) is 6.61 Å². The second-order valence-electron chi connectivity index (χ2n) is 13.9. The Morgan fingerprint density at radius 3 is 2.12 bits per heavy atom. The van der Waals surface area contributed by atoms with Crippen molar-refractivity contribution in [3.8, 4) is 0 Å². The van der Waals surface area contributed by atoms with Crippen molar-refractivity contribution in [3.05, 3.63) is 58.1 Å². The molecule has 0 bridgehead atoms. The Balaban J connectivity index is 1.90. The van der Waals surface area contributed by atoms with Gasteiger partial charge < -0.3 is 18.9 Å². The number of anilines is 1. The summed E-state index contributed by atoms with van der Waals surface area (Å²) in [6.07, 6.45) is -3.56. The van der Waals surface area contributed by atoms with Gasteiger partial charge in [-0.3, -0.25) is 9.36 Å². The number of nitrogens with one attached hydrogen (secondary N) is 1. The number of halogens is 3. The molecule has 3 unspecified atom stereocenters. The Labute approximate surface area is 254 Å². The van der Waals surface area contributed by atoms with Crippen molar-refractivity contribution in [2.45, 2.75) is 108 Å². The standard InChI is InChI=1S/C29H44ClF2N3O5Si2/c1-27(2,3)41(7,8)38-18-21-23(40-42(9,10)28(4,5)6)29(31,32)25(39-21)35-16-15-22(34-26(35)37)33-24(36)20-13-11-19(17-30)12-14-20/h11-16,21,23,25H,17-18H2,1-10H3,(H,33,34,36,37). The molecule has 1 saturated heterocycles. The van der Waals surface area contributed by atoms with E-state index in [2.05, 4.69) is 31.1 Å². The molecule has 1 N–H and O–H groups in total. The highest BCUT2D eigenvalue weighted by Crippen LogP contribution is 2.48. The minimum Gasteiger partial charge on any atom is -0.414 e. The van der Waals surface area contributed by atoms with Crippen LogP contribution in [0, 0.1) is 0 Å². The van der Waals surface area contributed by atoms with Gasteiger partial charge in [0.1, 0.15) is 18.0 Å². The van der Waals surface area contributed by atoms with Crippen molar-refractivity contribution < 1.29 is 27.2 Å². The zero-order chi connectivity index (χ0) is 31.9. The normalized spacial score (nSPS) is 21.4. The van der Waals surface area contributed by atoms with Crippen LogP contribution in [-0.4, -0.2) is 56.8 Å². The number of hydrogen-bond acceptors (Lipinski definition) is 6. The van der Waals surface area contributed by atoms with E-state index in [1.54, 1.807) is 24.3 Å². The fourth-order valence-electron chi connectivity index (χ4n) is 3.84. The predicted molar refractivity (Wildman–Crippen MR) is 167 cm³/mol. The van der Waals surface area contributed by atoms with Crippen LogP contribution in [0.25, 0.3) is 0 Å². The first-order chi connectivity index (χ1) is 19.1. The highest BCUT2D eigenvalue weighted by atomic mass is 35.5. The average molecular weight is 644 g/mol. The molecule has 0 saturated carbocycles. The zero-order valence-electron chi connectivity index (χ0n) is 26.2. The lowest BCUT2D eigenvalue weighted by Crippen LogP contribution is -2.53. The van der Waals surface area contributed by atoms with E-state index in [1.165, 1.54) is 6.07 Å². The second-order valence-corrected chi connectivity index (χ2v) is 23.7. The second kappa shape index (κ2) is 12.2. The molecule has 2 aromatic rings. The van der Waals surface area contributed by atoms with E-state index in [0.717, 1.165) is 16.3 Å². The van der Waals surface area contributed by atoms with E-state index in [4.69, 9.17) is 25.2 Å². The van der Waals surface area contributed by atoms with Crippen LogP contribution in [0.15, 0.2) is 41.3 Å². The third-order valence-electron chi connectivity index (χ3n) is 8.69. The Hall–Kier alpha value is -1.97. The van der Waals surface area contributed by atoms with Gasteiger partial charge in [0.15, 0.2) is 16.6 Å². The largest absolute Gasteiger partial charge is 0.414 e. The number of hydrogen-bond donors (Lipinski definition) is 1. The molecule has 0 radical (unpaired) electrons. The molecular weight excluding hydrogens is 600 g/mol. The van der Waals surface area contributed by atoms with Crippen LogP contribution in [0.1, 0.15) is 63.7 Å². The summed E-state index contributed by atoms with van der Waals surface area (Å²) in [4.78, 5) is 29.5. The van der Waals surface area contributed by atoms with Gasteiger partial charge in [0, 0.05) is 17.6 Å². The van der Waals surface area contributed by atoms with Gasteiger partial charge in [-0.2, -0.15) is 13.8 Å². The van der Waals surface area contributed by atoms with Crippen LogP contribution in [0.5, 0.6) is 0 Å². The number of alkyl halides is 3. The molecule has 0 spiro atoms. The third-order valence-corrected chi connectivity index (χ3v) is 18.0. The van der Waals surface area contributed by atoms with E-state index < -0.39 is 52.6 Å². The summed E-state index contributed by atoms with van der Waals surface area (Å²) in [7, 11) is -4.99. The molecule has 0 aliphatic carbocycles. The summed E-state index contributed by atoms with van der Waals surface area (Å²) in [6, 6.07) is 7.89. The van der Waals surface area contributed by atoms with E-state index in [9.17, 15) is 9.59 Å². The van der Waals surface area contributed by atoms with Gasteiger partial charge in [-0.05, 0) is 60.0 Å². The Morgan fingerprint density at radius 2 is 1.62 bits per heavy atom. The number of rotatable bonds is 9. The van der Waals surface area contributed by atoms with Gasteiger partial charge in [0.2, 0.25) is 6.23 Å². The number of benzene rings is 1. The summed E-state index contributed by atoms with van der Waals surface area (Å²) in [6.45, 7) is 19.9. The van der Waals surface area contributed by atoms with E-state index in [-0.39, 0.29) is 22.5 Å². The molecule has 42 heavy (non-hydrogen) atoms. The van der Waals surface area contributed by atoms with Crippen molar-refractivity contribution in [1.82, 2.24) is 9.55 Å². The molecule has 8 nitrogen and oxygen atoms in total. The number of aromatic nitrogens is 2. The highest BCUT2D eigenvalue weighted by Gasteiger charge is 2.63. The summed E-state index contributed by atoms with van der Waals surface area (Å²) in [5.74, 6) is -3.84. The fraction of sp³-hybridized carbons (Fsp3) is 0.621. The smallest absolute Gasteiger partial charge is 0.351 e. The lowest BCUT2D eigenvalue weighted by molar-refractivity contribution is -0.138. The molecule has 1 aromatic heterocycles. The number of ether oxygens (including phenoxy) is 1. The Bertz CT molecular complexity index is 1320. The molecular formula is C29H44ClF2N3O5Si2. The quantitative estimate of drug-likeness (QED) is 0.230. The van der Waals surface area contributed by atoms with Gasteiger partial charge in [-0.25, -0.2) is 4.79 Å². The SMILES string of the molecule is CC(C)(C)[Si](C)(C)OCC1OC(n2ccc(NC(=O)c3ccc(CCl)cc3)nc2=O)C(F)(F)C1O[Si](C)(C)C(C)(C)C. The summed E-state index contributed by atoms with van der Waals surface area (Å²) in [5, 5.41) is 2.05. The van der Waals surface area contributed by atoms with Crippen molar-refractivity contribution in [3.63, 3.8) is 0 Å². The molecule has 234 valence electrons. The van der Waals surface area contributed by atoms with Crippen LogP contribution >= 0.6 is 11.6 Å². The van der Waals surface area contributed by atoms with Gasteiger partial charge in [-0.15, -0.1) is 11.6 Å². The molecule has 2 heterocycles. The monoisotopic (exact) mass is 643 g/mol. The Morgan fingerprint density at radius 1 is 1.05 bits per heavy atom. The van der Waals surface area contributed by atoms with Crippen molar-refractivity contribution in [2.24, 2.45) is 0 Å². The maximum atomic E-state index is 16.2. The topological polar surface area (TPSA) is 91.7 Å². The fourth-order valence-corrected chi connectivity index (χ4v) is 6.33. The van der Waals surface area contributed by atoms with Gasteiger partial charge >= 0.3 is 11.6 Å². The van der Waals surface area contributed by atoms with Crippen molar-refractivity contribution in [1.29, 1.82) is 0 Å². The zero-order valence-corrected chi connectivity index (χ0v) is 28.9. The van der Waals surface area contributed by atoms with Crippen molar-refractivity contribution >= 4 is 40.0 Å². The first kappa shape index (κ1) is 34.5. The van der Waals surface area contributed by atoms with Gasteiger partial charge in [-0.1, -0.05) is 53.7 Å². The number of carbonyl (C=O) groups is 1. The van der Waals surface area contributed by atoms with Crippen LogP contribution < -0.4 is 11.0 Å². The van der Waals surface area contributed by atoms with E-state index >= 15 is 8.78 Å². The summed E-state index contributed by atoms with van der Waals surface area (Å²) >= 11 is 5.80. The van der Waals surface area contributed by atoms with E-state index in [0.29, 0.717) is 11.4 Å². The van der Waals surface area contributed by atoms with Crippen LogP contribution in [0.2, 0.25) is 36.3 Å². The van der Waals surface area contributed by atoms with Crippen LogP contribution in [-0.2, 0) is 19.5 Å². The number of amides is 1. The minimum atomic E-state index is -3.57. The lowest BCUT2D eigenvalue weighted by atomic mass is 10.1. The first-order valence-electron chi connectivity index (χ1n) is 14.0. The lowest BCUT2D eigenvalue weighted by Gasteiger charge is -2.41. The van der Waals surface area contributed by atoms with Crippen molar-refractivity contribution in [2.75, 3.05) is 11.9 Å². The number of nitrogens with zero attached hydrogens (tertiary/aromatic N) is 2. The first-order valence-corrected chi connectivity index (χ1v) is 20.4. The van der Waals surface area contributed by atoms with Crippen LogP contribution in [0.3, 0.4) is 0 Å². The molecule has 3 rings (SSSR count).